The minimum absolute atomic E-state index is 0.222. The molecule has 1 aliphatic heterocycles. The summed E-state index contributed by atoms with van der Waals surface area (Å²) in [5.41, 5.74) is 1.00. The van der Waals surface area contributed by atoms with Crippen LogP contribution in [0, 0.1) is 5.92 Å². The number of aromatic nitrogens is 2. The summed E-state index contributed by atoms with van der Waals surface area (Å²) in [5.74, 6) is 1.47. The second-order valence-electron chi connectivity index (χ2n) is 5.26. The molecule has 1 aromatic heterocycles. The quantitative estimate of drug-likeness (QED) is 0.871. The standard InChI is InChI=1S/C15H16ClN3O/c1-18-9-11(7-14(18)20)10-19-6-5-17-15(19)12-3-2-4-13(16)8-12/h2-6,8,11H,7,9-10H2,1H3. The topological polar surface area (TPSA) is 38.1 Å². The van der Waals surface area contributed by atoms with Crippen molar-refractivity contribution < 1.29 is 4.79 Å². The third-order valence-corrected chi connectivity index (χ3v) is 3.91. The Bertz CT molecular complexity index is 638. The second kappa shape index (κ2) is 5.29. The molecule has 5 heteroatoms. The zero-order valence-electron chi connectivity index (χ0n) is 11.3. The van der Waals surface area contributed by atoms with Gasteiger partial charge in [0.25, 0.3) is 0 Å². The Balaban J connectivity index is 1.82. The van der Waals surface area contributed by atoms with Crippen molar-refractivity contribution in [3.8, 4) is 11.4 Å². The molecule has 104 valence electrons. The molecule has 1 amide bonds. The molecule has 0 N–H and O–H groups in total. The second-order valence-corrected chi connectivity index (χ2v) is 5.69. The lowest BCUT2D eigenvalue weighted by molar-refractivity contribution is -0.126. The summed E-state index contributed by atoms with van der Waals surface area (Å²) in [6.07, 6.45) is 4.36. The first-order chi connectivity index (χ1) is 9.63. The summed E-state index contributed by atoms with van der Waals surface area (Å²) in [7, 11) is 1.86. The maximum absolute atomic E-state index is 11.6. The van der Waals surface area contributed by atoms with Crippen molar-refractivity contribution in [1.29, 1.82) is 0 Å². The lowest BCUT2D eigenvalue weighted by Crippen LogP contribution is -2.20. The van der Waals surface area contributed by atoms with E-state index in [2.05, 4.69) is 9.55 Å². The molecule has 0 bridgehead atoms. The number of hydrogen-bond donors (Lipinski definition) is 0. The molecule has 1 saturated heterocycles. The predicted octanol–water partition coefficient (Wildman–Crippen LogP) is 2.68. The SMILES string of the molecule is CN1CC(Cn2ccnc2-c2cccc(Cl)c2)CC1=O. The zero-order chi connectivity index (χ0) is 14.1. The normalized spacial score (nSPS) is 18.8. The molecule has 4 nitrogen and oxygen atoms in total. The minimum Gasteiger partial charge on any atom is -0.345 e. The summed E-state index contributed by atoms with van der Waals surface area (Å²) in [6, 6.07) is 7.68. The van der Waals surface area contributed by atoms with Crippen LogP contribution in [0.3, 0.4) is 0 Å². The highest BCUT2D eigenvalue weighted by atomic mass is 35.5. The van der Waals surface area contributed by atoms with Crippen LogP contribution in [0.5, 0.6) is 0 Å². The van der Waals surface area contributed by atoms with E-state index in [9.17, 15) is 4.79 Å². The Morgan fingerprint density at radius 1 is 1.45 bits per heavy atom. The first-order valence-electron chi connectivity index (χ1n) is 6.64. The van der Waals surface area contributed by atoms with Crippen LogP contribution in [0.25, 0.3) is 11.4 Å². The van der Waals surface area contributed by atoms with Crippen molar-refractivity contribution in [2.45, 2.75) is 13.0 Å². The monoisotopic (exact) mass is 289 g/mol. The smallest absolute Gasteiger partial charge is 0.222 e. The molecule has 20 heavy (non-hydrogen) atoms. The van der Waals surface area contributed by atoms with E-state index < -0.39 is 0 Å². The Morgan fingerprint density at radius 2 is 2.30 bits per heavy atom. The van der Waals surface area contributed by atoms with Gasteiger partial charge in [-0.15, -0.1) is 0 Å². The summed E-state index contributed by atoms with van der Waals surface area (Å²) in [4.78, 5) is 17.8. The van der Waals surface area contributed by atoms with Crippen LogP contribution >= 0.6 is 11.6 Å². The van der Waals surface area contributed by atoms with Gasteiger partial charge in [-0.3, -0.25) is 4.79 Å². The molecule has 0 saturated carbocycles. The van der Waals surface area contributed by atoms with E-state index in [1.807, 2.05) is 37.5 Å². The van der Waals surface area contributed by atoms with Gasteiger partial charge in [0.15, 0.2) is 0 Å². The van der Waals surface area contributed by atoms with E-state index >= 15 is 0 Å². The largest absolute Gasteiger partial charge is 0.345 e. The van der Waals surface area contributed by atoms with Gasteiger partial charge in [-0.1, -0.05) is 23.7 Å². The van der Waals surface area contributed by atoms with Crippen LogP contribution in [0.2, 0.25) is 5.02 Å². The third kappa shape index (κ3) is 2.56. The highest BCUT2D eigenvalue weighted by Gasteiger charge is 2.27. The molecule has 0 spiro atoms. The lowest BCUT2D eigenvalue weighted by atomic mass is 10.1. The van der Waals surface area contributed by atoms with Crippen LogP contribution in [-0.2, 0) is 11.3 Å². The van der Waals surface area contributed by atoms with Crippen molar-refractivity contribution >= 4 is 17.5 Å². The average molecular weight is 290 g/mol. The fourth-order valence-corrected chi connectivity index (χ4v) is 2.89. The van der Waals surface area contributed by atoms with Crippen molar-refractivity contribution in [3.63, 3.8) is 0 Å². The third-order valence-electron chi connectivity index (χ3n) is 3.67. The van der Waals surface area contributed by atoms with E-state index in [1.165, 1.54) is 0 Å². The zero-order valence-corrected chi connectivity index (χ0v) is 12.0. The number of likely N-dealkylation sites (tertiary alicyclic amines) is 1. The molecular formula is C15H16ClN3O. The molecule has 1 fully saturated rings. The Morgan fingerprint density at radius 3 is 3.00 bits per heavy atom. The molecule has 2 aromatic rings. The highest BCUT2D eigenvalue weighted by molar-refractivity contribution is 6.30. The fourth-order valence-electron chi connectivity index (χ4n) is 2.70. The van der Waals surface area contributed by atoms with E-state index in [1.54, 1.807) is 11.1 Å². The summed E-state index contributed by atoms with van der Waals surface area (Å²) in [6.45, 7) is 1.62. The molecule has 1 atom stereocenters. The highest BCUT2D eigenvalue weighted by Crippen LogP contribution is 2.24. The molecular weight excluding hydrogens is 274 g/mol. The van der Waals surface area contributed by atoms with Gasteiger partial charge in [0, 0.05) is 55.5 Å². The summed E-state index contributed by atoms with van der Waals surface area (Å²) >= 11 is 6.03. The number of carbonyl (C=O) groups excluding carboxylic acids is 1. The van der Waals surface area contributed by atoms with Crippen molar-refractivity contribution in [2.75, 3.05) is 13.6 Å². The number of benzene rings is 1. The fraction of sp³-hybridized carbons (Fsp3) is 0.333. The average Bonchev–Trinajstić information content (AvgIpc) is 2.98. The molecule has 0 aliphatic carbocycles. The molecule has 0 radical (unpaired) electrons. The minimum atomic E-state index is 0.222. The summed E-state index contributed by atoms with van der Waals surface area (Å²) < 4.78 is 2.10. The first-order valence-corrected chi connectivity index (χ1v) is 7.02. The maximum atomic E-state index is 11.6. The number of rotatable bonds is 3. The predicted molar refractivity (Wildman–Crippen MR) is 78.4 cm³/mol. The van der Waals surface area contributed by atoms with Crippen molar-refractivity contribution in [2.24, 2.45) is 5.92 Å². The van der Waals surface area contributed by atoms with Gasteiger partial charge in [0.1, 0.15) is 5.82 Å². The Kier molecular flexibility index (Phi) is 3.49. The van der Waals surface area contributed by atoms with E-state index in [4.69, 9.17) is 11.6 Å². The molecule has 2 heterocycles. The molecule has 1 unspecified atom stereocenters. The number of hydrogen-bond acceptors (Lipinski definition) is 2. The van der Waals surface area contributed by atoms with Gasteiger partial charge in [0.05, 0.1) is 0 Å². The van der Waals surface area contributed by atoms with Crippen LogP contribution in [0.1, 0.15) is 6.42 Å². The van der Waals surface area contributed by atoms with Crippen molar-refractivity contribution in [1.82, 2.24) is 14.5 Å². The van der Waals surface area contributed by atoms with Gasteiger partial charge < -0.3 is 9.47 Å². The first kappa shape index (κ1) is 13.2. The van der Waals surface area contributed by atoms with Crippen LogP contribution in [0.4, 0.5) is 0 Å². The molecule has 3 rings (SSSR count). The van der Waals surface area contributed by atoms with E-state index in [0.717, 1.165) is 24.5 Å². The number of nitrogens with zero attached hydrogens (tertiary/aromatic N) is 3. The lowest BCUT2D eigenvalue weighted by Gasteiger charge is -2.13. The van der Waals surface area contributed by atoms with Gasteiger partial charge in [0.2, 0.25) is 5.91 Å². The van der Waals surface area contributed by atoms with Crippen molar-refractivity contribution in [3.05, 3.63) is 41.7 Å². The van der Waals surface area contributed by atoms with Gasteiger partial charge in [-0.25, -0.2) is 4.98 Å². The molecule has 1 aromatic carbocycles. The van der Waals surface area contributed by atoms with Crippen LogP contribution in [-0.4, -0.2) is 34.0 Å². The van der Waals surface area contributed by atoms with Gasteiger partial charge in [-0.2, -0.15) is 0 Å². The number of halogens is 1. The summed E-state index contributed by atoms with van der Waals surface area (Å²) in [5, 5.41) is 0.702. The number of carbonyl (C=O) groups is 1. The number of imidazole rings is 1. The van der Waals surface area contributed by atoms with Gasteiger partial charge in [-0.05, 0) is 12.1 Å². The van der Waals surface area contributed by atoms with Gasteiger partial charge >= 0.3 is 0 Å². The van der Waals surface area contributed by atoms with Crippen LogP contribution < -0.4 is 0 Å². The molecule has 1 aliphatic rings. The van der Waals surface area contributed by atoms with Crippen LogP contribution in [0.15, 0.2) is 36.7 Å². The Labute approximate surface area is 123 Å². The van der Waals surface area contributed by atoms with E-state index in [0.29, 0.717) is 17.4 Å². The number of amides is 1. The van der Waals surface area contributed by atoms with E-state index in [-0.39, 0.29) is 5.91 Å². The maximum Gasteiger partial charge on any atom is 0.222 e. The Hall–Kier alpha value is -1.81.